The number of hydrogen-bond acceptors (Lipinski definition) is 2. The highest BCUT2D eigenvalue weighted by molar-refractivity contribution is 4.86. The molecule has 0 aromatic heterocycles. The summed E-state index contributed by atoms with van der Waals surface area (Å²) in [6, 6.07) is 1.29. The van der Waals surface area contributed by atoms with Crippen LogP contribution in [0.15, 0.2) is 0 Å². The summed E-state index contributed by atoms with van der Waals surface area (Å²) >= 11 is 0. The Morgan fingerprint density at radius 2 is 2.00 bits per heavy atom. The molecule has 0 spiro atoms. The van der Waals surface area contributed by atoms with Crippen molar-refractivity contribution in [1.29, 1.82) is 0 Å². The molecule has 0 bridgehead atoms. The zero-order valence-electron chi connectivity index (χ0n) is 12.4. The maximum atomic E-state index is 5.88. The number of ether oxygens (including phenoxy) is 1. The zero-order chi connectivity index (χ0) is 12.9. The molecule has 1 rings (SSSR count). The normalized spacial score (nSPS) is 31.8. The average molecular weight is 241 g/mol. The van der Waals surface area contributed by atoms with Gasteiger partial charge in [0.05, 0.1) is 5.60 Å². The van der Waals surface area contributed by atoms with Crippen LogP contribution in [0.5, 0.6) is 0 Å². The van der Waals surface area contributed by atoms with E-state index in [9.17, 15) is 0 Å². The molecule has 2 heteroatoms. The Balaban J connectivity index is 2.30. The highest BCUT2D eigenvalue weighted by Gasteiger charge is 2.31. The molecule has 0 amide bonds. The minimum absolute atomic E-state index is 0.105. The number of rotatable bonds is 6. The van der Waals surface area contributed by atoms with Crippen LogP contribution in [0.3, 0.4) is 0 Å². The topological polar surface area (TPSA) is 21.3 Å². The van der Waals surface area contributed by atoms with E-state index in [1.54, 1.807) is 0 Å². The molecule has 1 aliphatic heterocycles. The fourth-order valence-corrected chi connectivity index (χ4v) is 2.59. The maximum Gasteiger partial charge on any atom is 0.0666 e. The van der Waals surface area contributed by atoms with Crippen molar-refractivity contribution in [3.8, 4) is 0 Å². The first-order valence-electron chi connectivity index (χ1n) is 7.35. The van der Waals surface area contributed by atoms with Gasteiger partial charge in [0.2, 0.25) is 0 Å². The molecule has 1 N–H and O–H groups in total. The first kappa shape index (κ1) is 15.0. The van der Waals surface area contributed by atoms with Gasteiger partial charge in [-0.15, -0.1) is 0 Å². The van der Waals surface area contributed by atoms with Gasteiger partial charge in [0, 0.05) is 18.7 Å². The van der Waals surface area contributed by atoms with Gasteiger partial charge in [0.25, 0.3) is 0 Å². The van der Waals surface area contributed by atoms with Crippen LogP contribution in [0.25, 0.3) is 0 Å². The minimum atomic E-state index is 0.105. The molecule has 17 heavy (non-hydrogen) atoms. The van der Waals surface area contributed by atoms with Gasteiger partial charge in [-0.3, -0.25) is 0 Å². The highest BCUT2D eigenvalue weighted by Crippen LogP contribution is 2.28. The van der Waals surface area contributed by atoms with Gasteiger partial charge < -0.3 is 10.1 Å². The maximum absolute atomic E-state index is 5.88. The lowest BCUT2D eigenvalue weighted by molar-refractivity contribution is -0.0790. The van der Waals surface area contributed by atoms with Crippen LogP contribution in [-0.2, 0) is 4.74 Å². The van der Waals surface area contributed by atoms with Gasteiger partial charge in [0.15, 0.2) is 0 Å². The van der Waals surface area contributed by atoms with Gasteiger partial charge in [-0.1, -0.05) is 20.8 Å². The second kappa shape index (κ2) is 6.75. The van der Waals surface area contributed by atoms with Gasteiger partial charge in [0.1, 0.15) is 0 Å². The Labute approximate surface area is 108 Å². The van der Waals surface area contributed by atoms with E-state index >= 15 is 0 Å². The Bertz CT molecular complexity index is 217. The fraction of sp³-hybridized carbons (Fsp3) is 1.00. The molecule has 2 nitrogen and oxygen atoms in total. The quantitative estimate of drug-likeness (QED) is 0.764. The van der Waals surface area contributed by atoms with Gasteiger partial charge in [-0.25, -0.2) is 0 Å². The summed E-state index contributed by atoms with van der Waals surface area (Å²) in [7, 11) is 0. The summed E-state index contributed by atoms with van der Waals surface area (Å²) in [4.78, 5) is 0. The lowest BCUT2D eigenvalue weighted by atomic mass is 9.89. The summed E-state index contributed by atoms with van der Waals surface area (Å²) in [6.07, 6.45) is 6.06. The molecule has 1 saturated heterocycles. The van der Waals surface area contributed by atoms with E-state index in [0.29, 0.717) is 12.1 Å². The van der Waals surface area contributed by atoms with Crippen LogP contribution < -0.4 is 5.32 Å². The minimum Gasteiger partial charge on any atom is -0.375 e. The molecule has 3 atom stereocenters. The van der Waals surface area contributed by atoms with Crippen LogP contribution in [0, 0.1) is 5.92 Å². The molecule has 102 valence electrons. The Morgan fingerprint density at radius 1 is 1.29 bits per heavy atom. The molecule has 1 fully saturated rings. The molecule has 0 aromatic carbocycles. The molecule has 0 saturated carbocycles. The van der Waals surface area contributed by atoms with Crippen molar-refractivity contribution in [2.75, 3.05) is 6.61 Å². The SMILES string of the molecule is CCC1(C)CC(NC(C)CCC(C)C)CCO1. The van der Waals surface area contributed by atoms with Crippen molar-refractivity contribution in [3.63, 3.8) is 0 Å². The Morgan fingerprint density at radius 3 is 2.59 bits per heavy atom. The molecule has 1 aliphatic rings. The van der Waals surface area contributed by atoms with E-state index in [0.717, 1.165) is 25.4 Å². The van der Waals surface area contributed by atoms with Crippen molar-refractivity contribution >= 4 is 0 Å². The lowest BCUT2D eigenvalue weighted by Gasteiger charge is -2.39. The molecular weight excluding hydrogens is 210 g/mol. The highest BCUT2D eigenvalue weighted by atomic mass is 16.5. The average Bonchev–Trinajstić information content (AvgIpc) is 2.26. The molecule has 0 aliphatic carbocycles. The van der Waals surface area contributed by atoms with Crippen molar-refractivity contribution < 1.29 is 4.74 Å². The Hall–Kier alpha value is -0.0800. The van der Waals surface area contributed by atoms with Crippen LogP contribution in [0.2, 0.25) is 0 Å². The van der Waals surface area contributed by atoms with Crippen molar-refractivity contribution in [2.24, 2.45) is 5.92 Å². The summed E-state index contributed by atoms with van der Waals surface area (Å²) < 4.78 is 5.88. The first-order valence-corrected chi connectivity index (χ1v) is 7.35. The zero-order valence-corrected chi connectivity index (χ0v) is 12.4. The largest absolute Gasteiger partial charge is 0.375 e. The fourth-order valence-electron chi connectivity index (χ4n) is 2.59. The number of nitrogens with one attached hydrogen (secondary N) is 1. The van der Waals surface area contributed by atoms with Crippen LogP contribution in [0.1, 0.15) is 66.7 Å². The molecule has 0 aromatic rings. The third kappa shape index (κ3) is 5.39. The standard InChI is InChI=1S/C15H31NO/c1-6-15(5)11-14(9-10-17-15)16-13(4)8-7-12(2)3/h12-14,16H,6-11H2,1-5H3. The van der Waals surface area contributed by atoms with Crippen molar-refractivity contribution in [1.82, 2.24) is 5.32 Å². The van der Waals surface area contributed by atoms with E-state index < -0.39 is 0 Å². The summed E-state index contributed by atoms with van der Waals surface area (Å²) in [5, 5.41) is 3.78. The monoisotopic (exact) mass is 241 g/mol. The van der Waals surface area contributed by atoms with E-state index in [4.69, 9.17) is 4.74 Å². The summed E-state index contributed by atoms with van der Waals surface area (Å²) in [6.45, 7) is 12.3. The first-order chi connectivity index (χ1) is 7.95. The van der Waals surface area contributed by atoms with Crippen LogP contribution >= 0.6 is 0 Å². The lowest BCUT2D eigenvalue weighted by Crippen LogP contribution is -2.47. The smallest absolute Gasteiger partial charge is 0.0666 e. The van der Waals surface area contributed by atoms with Gasteiger partial charge in [-0.05, 0) is 51.9 Å². The molecule has 3 unspecified atom stereocenters. The summed E-state index contributed by atoms with van der Waals surface area (Å²) in [5.41, 5.74) is 0.105. The van der Waals surface area contributed by atoms with Gasteiger partial charge >= 0.3 is 0 Å². The third-order valence-electron chi connectivity index (χ3n) is 4.04. The predicted molar refractivity (Wildman–Crippen MR) is 74.3 cm³/mol. The van der Waals surface area contributed by atoms with Crippen LogP contribution in [-0.4, -0.2) is 24.3 Å². The predicted octanol–water partition coefficient (Wildman–Crippen LogP) is 3.75. The van der Waals surface area contributed by atoms with Crippen molar-refractivity contribution in [3.05, 3.63) is 0 Å². The van der Waals surface area contributed by atoms with E-state index in [1.165, 1.54) is 19.3 Å². The summed E-state index contributed by atoms with van der Waals surface area (Å²) in [5.74, 6) is 0.815. The molecule has 1 heterocycles. The second-order valence-corrected chi connectivity index (χ2v) is 6.38. The van der Waals surface area contributed by atoms with E-state index in [2.05, 4.69) is 39.9 Å². The van der Waals surface area contributed by atoms with Gasteiger partial charge in [-0.2, -0.15) is 0 Å². The van der Waals surface area contributed by atoms with Crippen molar-refractivity contribution in [2.45, 2.75) is 84.4 Å². The van der Waals surface area contributed by atoms with E-state index in [1.807, 2.05) is 0 Å². The molecule has 0 radical (unpaired) electrons. The third-order valence-corrected chi connectivity index (χ3v) is 4.04. The Kier molecular flexibility index (Phi) is 5.94. The van der Waals surface area contributed by atoms with Crippen LogP contribution in [0.4, 0.5) is 0 Å². The number of hydrogen-bond donors (Lipinski definition) is 1. The molecular formula is C15H31NO. The van der Waals surface area contributed by atoms with E-state index in [-0.39, 0.29) is 5.60 Å². The second-order valence-electron chi connectivity index (χ2n) is 6.38.